The van der Waals surface area contributed by atoms with Crippen LogP contribution < -0.4 is 5.73 Å². The lowest BCUT2D eigenvalue weighted by molar-refractivity contribution is -0.137. The van der Waals surface area contributed by atoms with Gasteiger partial charge < -0.3 is 20.8 Å². The van der Waals surface area contributed by atoms with Crippen LogP contribution in [-0.2, 0) is 11.4 Å². The third kappa shape index (κ3) is 3.41. The SMILES string of the molecule is CN1CC[C@@](O)(C#Cc2cc(-n3nc(C(F)F)c4c(N)ncnc43)cc(CO)c2F)C1=O. The first-order valence-corrected chi connectivity index (χ1v) is 9.38. The molecule has 0 unspecified atom stereocenters. The summed E-state index contributed by atoms with van der Waals surface area (Å²) < 4.78 is 42.9. The smallest absolute Gasteiger partial charge is 0.282 e. The fourth-order valence-corrected chi connectivity index (χ4v) is 3.47. The van der Waals surface area contributed by atoms with Gasteiger partial charge in [-0.2, -0.15) is 5.10 Å². The van der Waals surface area contributed by atoms with Crippen LogP contribution in [0.5, 0.6) is 0 Å². The van der Waals surface area contributed by atoms with E-state index in [2.05, 4.69) is 26.9 Å². The maximum absolute atomic E-state index is 14.8. The Morgan fingerprint density at radius 2 is 2.09 bits per heavy atom. The maximum Gasteiger partial charge on any atom is 0.282 e. The predicted octanol–water partition coefficient (Wildman–Crippen LogP) is 0.911. The van der Waals surface area contributed by atoms with E-state index in [9.17, 15) is 28.2 Å². The third-order valence-corrected chi connectivity index (χ3v) is 5.19. The minimum absolute atomic E-state index is 0.0429. The average molecular weight is 446 g/mol. The Balaban J connectivity index is 1.90. The molecule has 0 bridgehead atoms. The molecule has 1 atom stereocenters. The number of rotatable bonds is 3. The summed E-state index contributed by atoms with van der Waals surface area (Å²) in [6.07, 6.45) is -1.87. The van der Waals surface area contributed by atoms with E-state index in [0.29, 0.717) is 0 Å². The van der Waals surface area contributed by atoms with E-state index in [4.69, 9.17) is 5.73 Å². The number of aliphatic hydroxyl groups is 2. The first-order valence-electron chi connectivity index (χ1n) is 9.38. The number of likely N-dealkylation sites (N-methyl/N-ethyl adjacent to an activating group) is 1. The second-order valence-electron chi connectivity index (χ2n) is 7.27. The number of hydrogen-bond donors (Lipinski definition) is 3. The van der Waals surface area contributed by atoms with Crippen LogP contribution in [-0.4, -0.2) is 60.0 Å². The second-order valence-corrected chi connectivity index (χ2v) is 7.27. The number of halogens is 3. The van der Waals surface area contributed by atoms with Crippen LogP contribution in [0.1, 0.15) is 29.7 Å². The Bertz CT molecular complexity index is 1300. The number of anilines is 1. The monoisotopic (exact) mass is 446 g/mol. The van der Waals surface area contributed by atoms with Gasteiger partial charge in [0, 0.05) is 25.6 Å². The molecule has 1 saturated heterocycles. The van der Waals surface area contributed by atoms with Gasteiger partial charge in [0.2, 0.25) is 5.60 Å². The van der Waals surface area contributed by atoms with Crippen LogP contribution in [0.3, 0.4) is 0 Å². The summed E-state index contributed by atoms with van der Waals surface area (Å²) in [4.78, 5) is 21.1. The molecule has 4 N–H and O–H groups in total. The molecule has 9 nitrogen and oxygen atoms in total. The summed E-state index contributed by atoms with van der Waals surface area (Å²) in [5.74, 6) is 3.13. The molecule has 1 aliphatic rings. The van der Waals surface area contributed by atoms with Crippen LogP contribution in [0.2, 0.25) is 0 Å². The van der Waals surface area contributed by atoms with Gasteiger partial charge >= 0.3 is 0 Å². The van der Waals surface area contributed by atoms with Gasteiger partial charge in [-0.3, -0.25) is 4.79 Å². The largest absolute Gasteiger partial charge is 0.392 e. The van der Waals surface area contributed by atoms with Crippen LogP contribution in [0.25, 0.3) is 16.7 Å². The van der Waals surface area contributed by atoms with Gasteiger partial charge in [-0.15, -0.1) is 0 Å². The number of carbonyl (C=O) groups is 1. The minimum atomic E-state index is -2.98. The molecule has 4 rings (SSSR count). The summed E-state index contributed by atoms with van der Waals surface area (Å²) in [6, 6.07) is 2.39. The molecule has 166 valence electrons. The van der Waals surface area contributed by atoms with Crippen molar-refractivity contribution in [1.82, 2.24) is 24.6 Å². The molecule has 1 fully saturated rings. The van der Waals surface area contributed by atoms with Crippen LogP contribution in [0, 0.1) is 17.7 Å². The highest BCUT2D eigenvalue weighted by Gasteiger charge is 2.42. The number of alkyl halides is 2. The normalized spacial score (nSPS) is 18.5. The highest BCUT2D eigenvalue weighted by atomic mass is 19.3. The number of amides is 1. The lowest BCUT2D eigenvalue weighted by Gasteiger charge is -2.13. The molecule has 3 heterocycles. The Morgan fingerprint density at radius 1 is 1.34 bits per heavy atom. The van der Waals surface area contributed by atoms with Crippen molar-refractivity contribution in [2.45, 2.75) is 25.1 Å². The van der Waals surface area contributed by atoms with E-state index >= 15 is 0 Å². The summed E-state index contributed by atoms with van der Waals surface area (Å²) >= 11 is 0. The standard InChI is InChI=1S/C20H17F3N6O3/c1-28-5-4-20(32,19(28)31)3-2-10-6-12(7-11(8-30)14(10)21)29-18-13(15(27-29)16(22)23)17(24)25-9-26-18/h6-7,9,16,30,32H,4-5,8H2,1H3,(H2,24,25,26)/t20-/m0/s1. The highest BCUT2D eigenvalue weighted by molar-refractivity contribution is 5.91. The van der Waals surface area contributed by atoms with Gasteiger partial charge in [0.1, 0.15) is 23.7 Å². The molecule has 32 heavy (non-hydrogen) atoms. The fourth-order valence-electron chi connectivity index (χ4n) is 3.47. The number of nitrogen functional groups attached to an aromatic ring is 1. The van der Waals surface area contributed by atoms with Crippen LogP contribution >= 0.6 is 0 Å². The molecule has 0 saturated carbocycles. The third-order valence-electron chi connectivity index (χ3n) is 5.19. The van der Waals surface area contributed by atoms with Gasteiger partial charge in [-0.25, -0.2) is 27.8 Å². The molecule has 1 amide bonds. The Labute approximate surface area is 179 Å². The fraction of sp³-hybridized carbons (Fsp3) is 0.300. The summed E-state index contributed by atoms with van der Waals surface area (Å²) in [6.45, 7) is -0.441. The Kier molecular flexibility index (Phi) is 5.23. The van der Waals surface area contributed by atoms with Gasteiger partial charge in [0.05, 0.1) is 23.2 Å². The van der Waals surface area contributed by atoms with Crippen LogP contribution in [0.15, 0.2) is 18.5 Å². The average Bonchev–Trinajstić information content (AvgIpc) is 3.28. The zero-order chi connectivity index (χ0) is 23.2. The number of benzene rings is 1. The predicted molar refractivity (Wildman–Crippen MR) is 106 cm³/mol. The van der Waals surface area contributed by atoms with Crippen molar-refractivity contribution in [2.24, 2.45) is 0 Å². The number of hydrogen-bond acceptors (Lipinski definition) is 7. The van der Waals surface area contributed by atoms with E-state index in [1.54, 1.807) is 0 Å². The maximum atomic E-state index is 14.8. The topological polar surface area (TPSA) is 130 Å². The quantitative estimate of drug-likeness (QED) is 0.510. The van der Waals surface area contributed by atoms with Gasteiger partial charge in [-0.05, 0) is 12.1 Å². The molecule has 3 aromatic rings. The number of aliphatic hydroxyl groups excluding tert-OH is 1. The van der Waals surface area contributed by atoms with Crippen molar-refractivity contribution in [2.75, 3.05) is 19.3 Å². The zero-order valence-electron chi connectivity index (χ0n) is 16.7. The molecule has 0 spiro atoms. The molecule has 0 aliphatic carbocycles. The number of nitrogens with zero attached hydrogens (tertiary/aromatic N) is 5. The van der Waals surface area contributed by atoms with Gasteiger partial charge in [0.15, 0.2) is 5.65 Å². The number of likely N-dealkylation sites (tertiary alicyclic amines) is 1. The summed E-state index contributed by atoms with van der Waals surface area (Å²) in [5.41, 5.74) is 2.65. The van der Waals surface area contributed by atoms with E-state index in [-0.39, 0.29) is 46.6 Å². The minimum Gasteiger partial charge on any atom is -0.392 e. The van der Waals surface area contributed by atoms with Crippen molar-refractivity contribution in [3.8, 4) is 17.5 Å². The number of nitrogens with two attached hydrogens (primary N) is 1. The van der Waals surface area contributed by atoms with Gasteiger partial charge in [0.25, 0.3) is 12.3 Å². The lowest BCUT2D eigenvalue weighted by Crippen LogP contribution is -2.37. The lowest BCUT2D eigenvalue weighted by atomic mass is 10.0. The van der Waals surface area contributed by atoms with E-state index in [0.717, 1.165) is 11.0 Å². The van der Waals surface area contributed by atoms with Crippen LogP contribution in [0.4, 0.5) is 19.0 Å². The van der Waals surface area contributed by atoms with E-state index in [1.807, 2.05) is 0 Å². The van der Waals surface area contributed by atoms with Crippen molar-refractivity contribution in [1.29, 1.82) is 0 Å². The van der Waals surface area contributed by atoms with E-state index < -0.39 is 36.1 Å². The first-order chi connectivity index (χ1) is 15.2. The first kappa shape index (κ1) is 21.5. The Hall–Kier alpha value is -3.69. The molecule has 2 aromatic heterocycles. The van der Waals surface area contributed by atoms with E-state index in [1.165, 1.54) is 24.1 Å². The van der Waals surface area contributed by atoms with Crippen molar-refractivity contribution in [3.05, 3.63) is 41.1 Å². The Morgan fingerprint density at radius 3 is 2.72 bits per heavy atom. The number of aromatic nitrogens is 4. The summed E-state index contributed by atoms with van der Waals surface area (Å²) in [7, 11) is 1.50. The molecular formula is C20H17F3N6O3. The molecule has 1 aliphatic heterocycles. The molecule has 1 aromatic carbocycles. The van der Waals surface area contributed by atoms with Crippen molar-refractivity contribution >= 4 is 22.8 Å². The molecular weight excluding hydrogens is 429 g/mol. The number of fused-ring (bicyclic) bond motifs is 1. The second kappa shape index (κ2) is 7.77. The van der Waals surface area contributed by atoms with Gasteiger partial charge in [-0.1, -0.05) is 11.8 Å². The zero-order valence-corrected chi connectivity index (χ0v) is 16.7. The summed E-state index contributed by atoms with van der Waals surface area (Å²) in [5, 5.41) is 23.7. The van der Waals surface area contributed by atoms with Crippen molar-refractivity contribution in [3.63, 3.8) is 0 Å². The van der Waals surface area contributed by atoms with Crippen molar-refractivity contribution < 1.29 is 28.2 Å². The molecule has 0 radical (unpaired) electrons. The highest BCUT2D eigenvalue weighted by Crippen LogP contribution is 2.31. The molecule has 12 heteroatoms. The number of carbonyl (C=O) groups excluding carboxylic acids is 1.